The van der Waals surface area contributed by atoms with Crippen molar-refractivity contribution >= 4 is 34.0 Å². The van der Waals surface area contributed by atoms with Gasteiger partial charge in [-0.1, -0.05) is 36.4 Å². The Labute approximate surface area is 206 Å². The van der Waals surface area contributed by atoms with Crippen LogP contribution in [0.2, 0.25) is 0 Å². The number of fused-ring (bicyclic) bond motifs is 1. The normalized spacial score (nSPS) is 10.8. The molecule has 0 fully saturated rings. The summed E-state index contributed by atoms with van der Waals surface area (Å²) in [5, 5.41) is 13.3. The number of hydrogen-bond acceptors (Lipinski definition) is 5. The monoisotopic (exact) mass is 487 g/mol. The number of nitrogens with zero attached hydrogens (tertiary/aromatic N) is 1. The topological polar surface area (TPSA) is 130 Å². The smallest absolute Gasteiger partial charge is 0.272 e. The predicted molar refractivity (Wildman–Crippen MR) is 137 cm³/mol. The van der Waals surface area contributed by atoms with Crippen LogP contribution in [0.4, 0.5) is 15.8 Å². The van der Waals surface area contributed by atoms with E-state index in [1.54, 1.807) is 48.5 Å². The lowest BCUT2D eigenvalue weighted by Gasteiger charge is -2.10. The zero-order chi connectivity index (χ0) is 25.5. The number of H-pyrrole nitrogens is 1. The number of hydrogen-bond donors (Lipinski definition) is 4. The Hall–Kier alpha value is -4.53. The Morgan fingerprint density at radius 1 is 0.972 bits per heavy atom. The molecule has 0 radical (unpaired) electrons. The van der Waals surface area contributed by atoms with Gasteiger partial charge in [0.15, 0.2) is 0 Å². The lowest BCUT2D eigenvalue weighted by Crippen LogP contribution is -2.26. The van der Waals surface area contributed by atoms with Gasteiger partial charge in [0.2, 0.25) is 5.91 Å². The minimum atomic E-state index is -0.629. The standard InChI is InChI=1S/C27H26FN5O3/c28-21-13-12-17(16-24-18-7-1-2-8-19(18)27(36)33-32-24)15-20(21)26(35)30-14-6-5-11-25(34)31-23-10-4-3-9-22(23)29/h1-4,7-10,12-13,15H,5-6,11,14,16,29H2,(H,30,35)(H,31,34)(H,33,36). The quantitative estimate of drug-likeness (QED) is 0.211. The molecule has 36 heavy (non-hydrogen) atoms. The highest BCUT2D eigenvalue weighted by molar-refractivity contribution is 5.95. The van der Waals surface area contributed by atoms with Gasteiger partial charge in [-0.3, -0.25) is 14.4 Å². The fourth-order valence-corrected chi connectivity index (χ4v) is 3.89. The second-order valence-electron chi connectivity index (χ2n) is 8.38. The zero-order valence-electron chi connectivity index (χ0n) is 19.5. The van der Waals surface area contributed by atoms with Crippen molar-refractivity contribution in [1.29, 1.82) is 0 Å². The van der Waals surface area contributed by atoms with Crippen LogP contribution in [0.3, 0.4) is 0 Å². The SMILES string of the molecule is Nc1ccccc1NC(=O)CCCCNC(=O)c1cc(Cc2n[nH]c(=O)c3ccccc23)ccc1F. The molecule has 0 unspecified atom stereocenters. The number of aromatic amines is 1. The number of halogens is 1. The summed E-state index contributed by atoms with van der Waals surface area (Å²) in [6.45, 7) is 0.301. The van der Waals surface area contributed by atoms with Crippen molar-refractivity contribution < 1.29 is 14.0 Å². The number of nitrogens with one attached hydrogen (secondary N) is 3. The maximum atomic E-state index is 14.4. The first-order chi connectivity index (χ1) is 17.4. The first-order valence-electron chi connectivity index (χ1n) is 11.6. The molecule has 0 aliphatic rings. The van der Waals surface area contributed by atoms with Crippen molar-refractivity contribution in [2.45, 2.75) is 25.7 Å². The number of unbranched alkanes of at least 4 members (excludes halogenated alkanes) is 1. The van der Waals surface area contributed by atoms with Crippen LogP contribution in [0.5, 0.6) is 0 Å². The molecule has 1 aromatic heterocycles. The second kappa shape index (κ2) is 11.3. The van der Waals surface area contributed by atoms with Gasteiger partial charge in [-0.15, -0.1) is 0 Å². The summed E-state index contributed by atoms with van der Waals surface area (Å²) in [6, 6.07) is 18.4. The molecule has 0 bridgehead atoms. The van der Waals surface area contributed by atoms with Gasteiger partial charge in [0, 0.05) is 24.8 Å². The molecule has 0 aliphatic carbocycles. The van der Waals surface area contributed by atoms with Crippen LogP contribution >= 0.6 is 0 Å². The molecule has 0 saturated carbocycles. The zero-order valence-corrected chi connectivity index (χ0v) is 19.5. The Bertz CT molecular complexity index is 1470. The van der Waals surface area contributed by atoms with Crippen molar-refractivity contribution in [2.24, 2.45) is 0 Å². The number of rotatable bonds is 9. The molecular formula is C27H26FN5O3. The lowest BCUT2D eigenvalue weighted by atomic mass is 10.0. The Kier molecular flexibility index (Phi) is 7.69. The summed E-state index contributed by atoms with van der Waals surface area (Å²) < 4.78 is 14.4. The molecule has 4 aromatic rings. The van der Waals surface area contributed by atoms with Crippen molar-refractivity contribution in [2.75, 3.05) is 17.6 Å². The van der Waals surface area contributed by atoms with Gasteiger partial charge < -0.3 is 16.4 Å². The van der Waals surface area contributed by atoms with Crippen LogP contribution < -0.4 is 21.9 Å². The number of aromatic nitrogens is 2. The van der Waals surface area contributed by atoms with E-state index in [9.17, 15) is 18.8 Å². The predicted octanol–water partition coefficient (Wildman–Crippen LogP) is 3.77. The summed E-state index contributed by atoms with van der Waals surface area (Å²) in [5.41, 5.74) is 7.83. The number of amides is 2. The van der Waals surface area contributed by atoms with E-state index in [4.69, 9.17) is 5.73 Å². The minimum Gasteiger partial charge on any atom is -0.397 e. The van der Waals surface area contributed by atoms with Gasteiger partial charge in [0.05, 0.1) is 28.0 Å². The molecule has 0 saturated heterocycles. The van der Waals surface area contributed by atoms with Crippen molar-refractivity contribution in [3.63, 3.8) is 0 Å². The third-order valence-electron chi connectivity index (χ3n) is 5.77. The highest BCUT2D eigenvalue weighted by Gasteiger charge is 2.14. The van der Waals surface area contributed by atoms with Crippen molar-refractivity contribution in [3.8, 4) is 0 Å². The van der Waals surface area contributed by atoms with E-state index in [1.807, 2.05) is 6.07 Å². The minimum absolute atomic E-state index is 0.0708. The van der Waals surface area contributed by atoms with Gasteiger partial charge in [0.1, 0.15) is 5.82 Å². The summed E-state index contributed by atoms with van der Waals surface area (Å²) >= 11 is 0. The molecule has 8 nitrogen and oxygen atoms in total. The van der Waals surface area contributed by atoms with Gasteiger partial charge in [0.25, 0.3) is 11.5 Å². The number of nitrogens with two attached hydrogens (primary N) is 1. The van der Waals surface area contributed by atoms with E-state index in [2.05, 4.69) is 20.8 Å². The van der Waals surface area contributed by atoms with Gasteiger partial charge in [-0.25, -0.2) is 9.49 Å². The molecule has 5 N–H and O–H groups in total. The number of benzene rings is 3. The van der Waals surface area contributed by atoms with Crippen LogP contribution in [-0.2, 0) is 11.2 Å². The van der Waals surface area contributed by atoms with E-state index in [0.717, 1.165) is 0 Å². The maximum absolute atomic E-state index is 14.4. The fourth-order valence-electron chi connectivity index (χ4n) is 3.89. The summed E-state index contributed by atoms with van der Waals surface area (Å²) in [7, 11) is 0. The van der Waals surface area contributed by atoms with Gasteiger partial charge >= 0.3 is 0 Å². The number of carbonyl (C=O) groups excluding carboxylic acids is 2. The third kappa shape index (κ3) is 5.93. The van der Waals surface area contributed by atoms with Crippen LogP contribution in [0.1, 0.15) is 40.9 Å². The molecule has 2 amide bonds. The van der Waals surface area contributed by atoms with Crippen molar-refractivity contribution in [3.05, 3.63) is 99.7 Å². The summed E-state index contributed by atoms with van der Waals surface area (Å²) in [5.74, 6) is -1.33. The van der Waals surface area contributed by atoms with E-state index >= 15 is 0 Å². The molecule has 0 aliphatic heterocycles. The third-order valence-corrected chi connectivity index (χ3v) is 5.77. The number of nitrogen functional groups attached to an aromatic ring is 1. The summed E-state index contributed by atoms with van der Waals surface area (Å²) in [6.07, 6.45) is 1.69. The highest BCUT2D eigenvalue weighted by Crippen LogP contribution is 2.19. The molecule has 1 heterocycles. The number of carbonyl (C=O) groups is 2. The summed E-state index contributed by atoms with van der Waals surface area (Å²) in [4.78, 5) is 36.7. The fraction of sp³-hybridized carbons (Fsp3) is 0.185. The Morgan fingerprint density at radius 2 is 1.72 bits per heavy atom. The van der Waals surface area contributed by atoms with Crippen LogP contribution in [0.25, 0.3) is 10.8 Å². The molecule has 9 heteroatoms. The van der Waals surface area contributed by atoms with E-state index in [1.165, 1.54) is 12.1 Å². The molecule has 0 spiro atoms. The Balaban J connectivity index is 1.31. The molecule has 4 rings (SSSR count). The first kappa shape index (κ1) is 24.6. The van der Waals surface area contributed by atoms with E-state index in [-0.39, 0.29) is 23.5 Å². The van der Waals surface area contributed by atoms with Crippen LogP contribution in [0.15, 0.2) is 71.5 Å². The average molecular weight is 488 g/mol. The van der Waals surface area contributed by atoms with Crippen molar-refractivity contribution in [1.82, 2.24) is 15.5 Å². The first-order valence-corrected chi connectivity index (χ1v) is 11.6. The molecule has 0 atom stereocenters. The van der Waals surface area contributed by atoms with E-state index in [0.29, 0.717) is 59.2 Å². The maximum Gasteiger partial charge on any atom is 0.272 e. The van der Waals surface area contributed by atoms with Gasteiger partial charge in [-0.2, -0.15) is 5.10 Å². The number of anilines is 2. The lowest BCUT2D eigenvalue weighted by molar-refractivity contribution is -0.116. The molecule has 184 valence electrons. The van der Waals surface area contributed by atoms with Crippen LogP contribution in [-0.4, -0.2) is 28.6 Å². The largest absolute Gasteiger partial charge is 0.397 e. The highest BCUT2D eigenvalue weighted by atomic mass is 19.1. The van der Waals surface area contributed by atoms with E-state index < -0.39 is 11.7 Å². The molecular weight excluding hydrogens is 461 g/mol. The second-order valence-corrected chi connectivity index (χ2v) is 8.38. The average Bonchev–Trinajstić information content (AvgIpc) is 2.88. The molecule has 3 aromatic carbocycles. The van der Waals surface area contributed by atoms with Gasteiger partial charge in [-0.05, 0) is 48.7 Å². The van der Waals surface area contributed by atoms with Crippen LogP contribution in [0, 0.1) is 5.82 Å². The number of para-hydroxylation sites is 2. The Morgan fingerprint density at radius 3 is 2.53 bits per heavy atom.